The van der Waals surface area contributed by atoms with Crippen molar-refractivity contribution < 1.29 is 13.0 Å². The molecule has 5 heteroatoms. The Morgan fingerprint density at radius 3 is 1.94 bits per heavy atom. The van der Waals surface area contributed by atoms with Crippen LogP contribution in [0.5, 0.6) is 0 Å². The van der Waals surface area contributed by atoms with E-state index in [1.165, 1.54) is 32.1 Å². The summed E-state index contributed by atoms with van der Waals surface area (Å²) >= 11 is 0. The highest BCUT2D eigenvalue weighted by Gasteiger charge is 2.50. The first-order valence-electron chi connectivity index (χ1n) is 7.11. The molecule has 4 fully saturated rings. The van der Waals surface area contributed by atoms with Gasteiger partial charge in [0.25, 0.3) is 10.1 Å². The molecular formula is C13H23NO3S. The Balaban J connectivity index is 1.78. The fourth-order valence-electron chi connectivity index (χ4n) is 5.34. The van der Waals surface area contributed by atoms with Gasteiger partial charge in [0.05, 0.1) is 5.75 Å². The van der Waals surface area contributed by atoms with Crippen LogP contribution in [0, 0.1) is 35.5 Å². The Morgan fingerprint density at radius 1 is 1.06 bits per heavy atom. The van der Waals surface area contributed by atoms with E-state index in [9.17, 15) is 8.42 Å². The van der Waals surface area contributed by atoms with E-state index in [2.05, 4.69) is 0 Å². The average molecular weight is 273 g/mol. The molecule has 0 aromatic rings. The van der Waals surface area contributed by atoms with Crippen LogP contribution < -0.4 is 5.73 Å². The number of nitrogens with two attached hydrogens (primary N) is 1. The monoisotopic (exact) mass is 273 g/mol. The molecule has 4 rings (SSSR count). The predicted molar refractivity (Wildman–Crippen MR) is 69.5 cm³/mol. The summed E-state index contributed by atoms with van der Waals surface area (Å²) < 4.78 is 31.4. The van der Waals surface area contributed by atoms with Gasteiger partial charge in [-0.2, -0.15) is 8.42 Å². The Bertz CT molecular complexity index is 392. The van der Waals surface area contributed by atoms with Gasteiger partial charge in [-0.05, 0) is 74.2 Å². The molecule has 0 aromatic heterocycles. The average Bonchev–Trinajstić information content (AvgIpc) is 2.24. The predicted octanol–water partition coefficient (Wildman–Crippen LogP) is 1.52. The fraction of sp³-hybridized carbons (Fsp3) is 1.00. The summed E-state index contributed by atoms with van der Waals surface area (Å²) in [6.07, 6.45) is 6.45. The third kappa shape index (κ3) is 2.32. The van der Waals surface area contributed by atoms with Gasteiger partial charge in [-0.3, -0.25) is 4.55 Å². The van der Waals surface area contributed by atoms with E-state index in [0.717, 1.165) is 11.8 Å². The second kappa shape index (κ2) is 4.46. The highest BCUT2D eigenvalue weighted by molar-refractivity contribution is 7.85. The van der Waals surface area contributed by atoms with Crippen molar-refractivity contribution in [1.82, 2.24) is 0 Å². The molecular weight excluding hydrogens is 250 g/mol. The minimum absolute atomic E-state index is 0.0463. The summed E-state index contributed by atoms with van der Waals surface area (Å²) in [5.41, 5.74) is 5.78. The van der Waals surface area contributed by atoms with E-state index in [4.69, 9.17) is 10.3 Å². The van der Waals surface area contributed by atoms with E-state index in [1.807, 2.05) is 0 Å². The third-order valence-corrected chi connectivity index (χ3v) is 6.42. The first kappa shape index (κ1) is 12.9. The largest absolute Gasteiger partial charge is 0.330 e. The molecule has 0 amide bonds. The standard InChI is InChI=1S/C13H23NO3S/c14-6-12(7-18(15,16)17)13-10-2-8-1-9(4-10)5-11(13)3-8/h8-13H,1-7,14H2,(H,15,16,17). The number of hydrogen-bond donors (Lipinski definition) is 2. The smallest absolute Gasteiger partial charge is 0.265 e. The fourth-order valence-corrected chi connectivity index (χ4v) is 6.24. The molecule has 0 heterocycles. The van der Waals surface area contributed by atoms with Gasteiger partial charge >= 0.3 is 0 Å². The van der Waals surface area contributed by atoms with Crippen LogP contribution in [0.2, 0.25) is 0 Å². The maximum Gasteiger partial charge on any atom is 0.265 e. The topological polar surface area (TPSA) is 80.4 Å². The molecule has 3 N–H and O–H groups in total. The van der Waals surface area contributed by atoms with Crippen LogP contribution in [0.25, 0.3) is 0 Å². The molecule has 104 valence electrons. The van der Waals surface area contributed by atoms with Gasteiger partial charge in [-0.15, -0.1) is 0 Å². The lowest BCUT2D eigenvalue weighted by Crippen LogP contribution is -2.50. The lowest BCUT2D eigenvalue weighted by Gasteiger charge is -2.56. The Kier molecular flexibility index (Phi) is 3.19. The van der Waals surface area contributed by atoms with Gasteiger partial charge in [-0.25, -0.2) is 0 Å². The minimum Gasteiger partial charge on any atom is -0.330 e. The van der Waals surface area contributed by atoms with E-state index >= 15 is 0 Å². The molecule has 0 spiro atoms. The molecule has 4 nitrogen and oxygen atoms in total. The Morgan fingerprint density at radius 2 is 1.56 bits per heavy atom. The van der Waals surface area contributed by atoms with Crippen LogP contribution in [0.3, 0.4) is 0 Å². The lowest BCUT2D eigenvalue weighted by atomic mass is 9.50. The molecule has 4 aliphatic rings. The van der Waals surface area contributed by atoms with Crippen LogP contribution in [0.4, 0.5) is 0 Å². The molecule has 1 atom stereocenters. The zero-order valence-electron chi connectivity index (χ0n) is 10.7. The Labute approximate surface area is 109 Å². The maximum atomic E-state index is 11.1. The van der Waals surface area contributed by atoms with Crippen molar-refractivity contribution in [3.63, 3.8) is 0 Å². The maximum absolute atomic E-state index is 11.1. The number of rotatable bonds is 4. The summed E-state index contributed by atoms with van der Waals surface area (Å²) in [6, 6.07) is 0. The quantitative estimate of drug-likeness (QED) is 0.761. The van der Waals surface area contributed by atoms with Crippen molar-refractivity contribution in [3.05, 3.63) is 0 Å². The molecule has 18 heavy (non-hydrogen) atoms. The van der Waals surface area contributed by atoms with Gasteiger partial charge in [0.1, 0.15) is 0 Å². The van der Waals surface area contributed by atoms with Crippen molar-refractivity contribution >= 4 is 10.1 Å². The van der Waals surface area contributed by atoms with Gasteiger partial charge in [0.2, 0.25) is 0 Å². The molecule has 4 bridgehead atoms. The van der Waals surface area contributed by atoms with Crippen LogP contribution >= 0.6 is 0 Å². The first-order valence-corrected chi connectivity index (χ1v) is 8.72. The van der Waals surface area contributed by atoms with Crippen molar-refractivity contribution in [3.8, 4) is 0 Å². The van der Waals surface area contributed by atoms with Gasteiger partial charge < -0.3 is 5.73 Å². The molecule has 0 aliphatic heterocycles. The van der Waals surface area contributed by atoms with E-state index in [1.54, 1.807) is 0 Å². The van der Waals surface area contributed by atoms with Gasteiger partial charge in [-0.1, -0.05) is 0 Å². The van der Waals surface area contributed by atoms with Crippen molar-refractivity contribution in [1.29, 1.82) is 0 Å². The molecule has 4 aliphatic carbocycles. The number of hydrogen-bond acceptors (Lipinski definition) is 3. The summed E-state index contributed by atoms with van der Waals surface area (Å²) in [5.74, 6) is 3.34. The van der Waals surface area contributed by atoms with E-state index in [-0.39, 0.29) is 11.7 Å². The zero-order valence-corrected chi connectivity index (χ0v) is 11.5. The SMILES string of the molecule is NCC(CS(=O)(=O)O)C1C2CC3CC(C2)CC1C3. The second-order valence-electron chi connectivity index (χ2n) is 6.75. The lowest BCUT2D eigenvalue weighted by molar-refractivity contribution is -0.0563. The molecule has 1 unspecified atom stereocenters. The van der Waals surface area contributed by atoms with Gasteiger partial charge in [0.15, 0.2) is 0 Å². The second-order valence-corrected chi connectivity index (χ2v) is 8.25. The summed E-state index contributed by atoms with van der Waals surface area (Å²) in [7, 11) is -3.90. The molecule has 0 radical (unpaired) electrons. The van der Waals surface area contributed by atoms with Crippen molar-refractivity contribution in [2.75, 3.05) is 12.3 Å². The summed E-state index contributed by atoms with van der Waals surface area (Å²) in [4.78, 5) is 0. The highest BCUT2D eigenvalue weighted by Crippen LogP contribution is 2.58. The van der Waals surface area contributed by atoms with Crippen LogP contribution in [0.1, 0.15) is 32.1 Å². The first-order chi connectivity index (χ1) is 8.46. The normalized spacial score (nSPS) is 44.2. The summed E-state index contributed by atoms with van der Waals surface area (Å²) in [5, 5.41) is 0. The molecule has 4 saturated carbocycles. The summed E-state index contributed by atoms with van der Waals surface area (Å²) in [6.45, 7) is 0.382. The van der Waals surface area contributed by atoms with E-state index < -0.39 is 10.1 Å². The Hall–Kier alpha value is -0.130. The highest BCUT2D eigenvalue weighted by atomic mass is 32.2. The van der Waals surface area contributed by atoms with Crippen LogP contribution in [0.15, 0.2) is 0 Å². The minimum atomic E-state index is -3.90. The van der Waals surface area contributed by atoms with Gasteiger partial charge in [0, 0.05) is 0 Å². The third-order valence-electron chi connectivity index (χ3n) is 5.57. The van der Waals surface area contributed by atoms with Crippen molar-refractivity contribution in [2.45, 2.75) is 32.1 Å². The zero-order chi connectivity index (χ0) is 12.9. The molecule has 0 saturated heterocycles. The van der Waals surface area contributed by atoms with E-state index in [0.29, 0.717) is 24.3 Å². The van der Waals surface area contributed by atoms with Crippen molar-refractivity contribution in [2.24, 2.45) is 41.2 Å². The molecule has 0 aromatic carbocycles. The van der Waals surface area contributed by atoms with Crippen LogP contribution in [-0.4, -0.2) is 25.3 Å². The van der Waals surface area contributed by atoms with Crippen LogP contribution in [-0.2, 0) is 10.1 Å².